The quantitative estimate of drug-likeness (QED) is 0.693. The van der Waals surface area contributed by atoms with Crippen molar-refractivity contribution in [3.8, 4) is 11.5 Å². The zero-order chi connectivity index (χ0) is 19.8. The van der Waals surface area contributed by atoms with Crippen molar-refractivity contribution in [3.63, 3.8) is 0 Å². The van der Waals surface area contributed by atoms with Gasteiger partial charge in [-0.2, -0.15) is 0 Å². The smallest absolute Gasteiger partial charge is 0.344 e. The monoisotopic (exact) mass is 391 g/mol. The number of benzene rings is 2. The molecule has 0 fully saturated rings. The van der Waals surface area contributed by atoms with Gasteiger partial charge in [-0.15, -0.1) is 0 Å². The molecule has 27 heavy (non-hydrogen) atoms. The number of carbonyl (C=O) groups excluding carboxylic acids is 2. The van der Waals surface area contributed by atoms with Crippen molar-refractivity contribution < 1.29 is 23.8 Å². The first kappa shape index (κ1) is 20.6. The number of rotatable bonds is 8. The van der Waals surface area contributed by atoms with E-state index in [0.717, 1.165) is 5.56 Å². The first-order valence-electron chi connectivity index (χ1n) is 8.48. The molecule has 1 N–H and O–H groups in total. The highest BCUT2D eigenvalue weighted by Gasteiger charge is 2.16. The van der Waals surface area contributed by atoms with E-state index in [4.69, 9.17) is 25.8 Å². The maximum Gasteiger partial charge on any atom is 0.344 e. The van der Waals surface area contributed by atoms with Crippen LogP contribution < -0.4 is 14.8 Å². The average molecular weight is 392 g/mol. The number of esters is 1. The molecule has 2 aromatic rings. The molecule has 0 bridgehead atoms. The number of nitrogens with one attached hydrogen (secondary N) is 1. The minimum atomic E-state index is -0.455. The van der Waals surface area contributed by atoms with Crippen LogP contribution in [0.25, 0.3) is 0 Å². The molecule has 0 saturated carbocycles. The van der Waals surface area contributed by atoms with E-state index in [2.05, 4.69) is 5.32 Å². The Labute approximate surface area is 163 Å². The predicted octanol–water partition coefficient (Wildman–Crippen LogP) is 3.78. The van der Waals surface area contributed by atoms with Gasteiger partial charge >= 0.3 is 5.97 Å². The van der Waals surface area contributed by atoms with Crippen LogP contribution in [0.2, 0.25) is 5.02 Å². The largest absolute Gasteiger partial charge is 0.493 e. The molecule has 144 valence electrons. The number of amides is 1. The first-order chi connectivity index (χ1) is 13.0. The summed E-state index contributed by atoms with van der Waals surface area (Å²) >= 11 is 6.06. The Morgan fingerprint density at radius 3 is 2.56 bits per heavy atom. The first-order valence-corrected chi connectivity index (χ1v) is 8.85. The topological polar surface area (TPSA) is 73.9 Å². The molecular weight excluding hydrogens is 370 g/mol. The molecule has 0 aliphatic heterocycles. The molecule has 1 amide bonds. The van der Waals surface area contributed by atoms with Crippen molar-refractivity contribution in [1.29, 1.82) is 0 Å². The molecule has 0 unspecified atom stereocenters. The Bertz CT molecular complexity index is 809. The summed E-state index contributed by atoms with van der Waals surface area (Å²) in [6.07, 6.45) is 0. The van der Waals surface area contributed by atoms with Crippen molar-refractivity contribution in [2.24, 2.45) is 0 Å². The molecule has 1 atom stereocenters. The highest BCUT2D eigenvalue weighted by atomic mass is 35.5. The van der Waals surface area contributed by atoms with Crippen LogP contribution >= 0.6 is 11.6 Å². The Hall–Kier alpha value is -2.73. The lowest BCUT2D eigenvalue weighted by Gasteiger charge is -2.17. The zero-order valence-electron chi connectivity index (χ0n) is 15.5. The summed E-state index contributed by atoms with van der Waals surface area (Å²) in [7, 11) is 1.50. The summed E-state index contributed by atoms with van der Waals surface area (Å²) in [5.74, 6) is 0.147. The third kappa shape index (κ3) is 5.62. The van der Waals surface area contributed by atoms with Crippen LogP contribution in [-0.4, -0.2) is 32.2 Å². The third-order valence-corrected chi connectivity index (χ3v) is 4.13. The lowest BCUT2D eigenvalue weighted by Crippen LogP contribution is -2.26. The standard InChI is InChI=1S/C20H22ClNO5/c1-4-26-19(23)12-27-17-10-9-14(11-18(17)25-3)13(2)22-20(24)15-7-5-6-8-16(15)21/h5-11,13H,4,12H2,1-3H3,(H,22,24)/t13-/m1/s1. The highest BCUT2D eigenvalue weighted by molar-refractivity contribution is 6.33. The zero-order valence-corrected chi connectivity index (χ0v) is 16.2. The average Bonchev–Trinajstić information content (AvgIpc) is 2.66. The SMILES string of the molecule is CCOC(=O)COc1ccc([C@@H](C)NC(=O)c2ccccc2Cl)cc1OC. The second kappa shape index (κ2) is 9.83. The summed E-state index contributed by atoms with van der Waals surface area (Å²) in [5.41, 5.74) is 1.23. The van der Waals surface area contributed by atoms with Gasteiger partial charge in [0.25, 0.3) is 5.91 Å². The fourth-order valence-corrected chi connectivity index (χ4v) is 2.64. The summed E-state index contributed by atoms with van der Waals surface area (Å²) in [4.78, 5) is 23.8. The molecule has 7 heteroatoms. The van der Waals surface area contributed by atoms with Gasteiger partial charge in [-0.05, 0) is 43.7 Å². The molecule has 6 nitrogen and oxygen atoms in total. The number of hydrogen-bond acceptors (Lipinski definition) is 5. The molecular formula is C20H22ClNO5. The Balaban J connectivity index is 2.08. The number of hydrogen-bond donors (Lipinski definition) is 1. The van der Waals surface area contributed by atoms with Crippen molar-refractivity contribution >= 4 is 23.5 Å². The van der Waals surface area contributed by atoms with Gasteiger partial charge < -0.3 is 19.5 Å². The normalized spacial score (nSPS) is 11.4. The summed E-state index contributed by atoms with van der Waals surface area (Å²) < 4.78 is 15.6. The fraction of sp³-hybridized carbons (Fsp3) is 0.300. The van der Waals surface area contributed by atoms with Crippen LogP contribution in [0.4, 0.5) is 0 Å². The van der Waals surface area contributed by atoms with E-state index in [9.17, 15) is 9.59 Å². The lowest BCUT2D eigenvalue weighted by atomic mass is 10.1. The molecule has 0 aliphatic carbocycles. The van der Waals surface area contributed by atoms with Crippen LogP contribution in [0.1, 0.15) is 35.8 Å². The van der Waals surface area contributed by atoms with E-state index in [-0.39, 0.29) is 18.6 Å². The van der Waals surface area contributed by atoms with Gasteiger partial charge in [0.1, 0.15) is 0 Å². The van der Waals surface area contributed by atoms with Crippen LogP contribution in [0.3, 0.4) is 0 Å². The third-order valence-electron chi connectivity index (χ3n) is 3.80. The second-order valence-corrected chi connectivity index (χ2v) is 6.09. The van der Waals surface area contributed by atoms with E-state index in [1.54, 1.807) is 49.4 Å². The molecule has 0 aromatic heterocycles. The Kier molecular flexibility index (Phi) is 7.49. The summed E-state index contributed by atoms with van der Waals surface area (Å²) in [5, 5.41) is 3.29. The van der Waals surface area contributed by atoms with Crippen molar-refractivity contribution in [2.75, 3.05) is 20.3 Å². The molecule has 2 rings (SSSR count). The number of carbonyl (C=O) groups is 2. The molecule has 0 spiro atoms. The number of ether oxygens (including phenoxy) is 3. The van der Waals surface area contributed by atoms with Gasteiger partial charge in [0.2, 0.25) is 0 Å². The van der Waals surface area contributed by atoms with Crippen LogP contribution in [0.15, 0.2) is 42.5 Å². The predicted molar refractivity (Wildman–Crippen MR) is 102 cm³/mol. The molecule has 0 heterocycles. The van der Waals surface area contributed by atoms with Gasteiger partial charge in [-0.3, -0.25) is 4.79 Å². The van der Waals surface area contributed by atoms with Gasteiger partial charge in [-0.25, -0.2) is 4.79 Å². The van der Waals surface area contributed by atoms with Crippen molar-refractivity contribution in [1.82, 2.24) is 5.32 Å². The Morgan fingerprint density at radius 2 is 1.89 bits per heavy atom. The van der Waals surface area contributed by atoms with E-state index in [1.165, 1.54) is 7.11 Å². The van der Waals surface area contributed by atoms with Crippen LogP contribution in [-0.2, 0) is 9.53 Å². The highest BCUT2D eigenvalue weighted by Crippen LogP contribution is 2.30. The molecule has 0 aliphatic rings. The van der Waals surface area contributed by atoms with E-state index >= 15 is 0 Å². The van der Waals surface area contributed by atoms with E-state index < -0.39 is 5.97 Å². The maximum atomic E-state index is 12.4. The van der Waals surface area contributed by atoms with Gasteiger partial charge in [0.15, 0.2) is 18.1 Å². The molecule has 2 aromatic carbocycles. The molecule has 0 saturated heterocycles. The molecule has 0 radical (unpaired) electrons. The van der Waals surface area contributed by atoms with Crippen molar-refractivity contribution in [3.05, 3.63) is 58.6 Å². The Morgan fingerprint density at radius 1 is 1.15 bits per heavy atom. The van der Waals surface area contributed by atoms with Gasteiger partial charge in [0, 0.05) is 0 Å². The lowest BCUT2D eigenvalue weighted by molar-refractivity contribution is -0.145. The minimum absolute atomic E-state index is 0.206. The second-order valence-electron chi connectivity index (χ2n) is 5.68. The van der Waals surface area contributed by atoms with Crippen LogP contribution in [0.5, 0.6) is 11.5 Å². The number of methoxy groups -OCH3 is 1. The minimum Gasteiger partial charge on any atom is -0.493 e. The maximum absolute atomic E-state index is 12.4. The van der Waals surface area contributed by atoms with Crippen molar-refractivity contribution in [2.45, 2.75) is 19.9 Å². The summed E-state index contributed by atoms with van der Waals surface area (Å²) in [6, 6.07) is 11.8. The van der Waals surface area contributed by atoms with Gasteiger partial charge in [0.05, 0.1) is 30.3 Å². The van der Waals surface area contributed by atoms with Crippen LogP contribution in [0, 0.1) is 0 Å². The fourth-order valence-electron chi connectivity index (χ4n) is 2.42. The van der Waals surface area contributed by atoms with E-state index in [1.807, 2.05) is 6.92 Å². The van der Waals surface area contributed by atoms with Gasteiger partial charge in [-0.1, -0.05) is 29.8 Å². The summed E-state index contributed by atoms with van der Waals surface area (Å²) in [6.45, 7) is 3.66. The van der Waals surface area contributed by atoms with E-state index in [0.29, 0.717) is 28.7 Å². The number of halogens is 1.